The van der Waals surface area contributed by atoms with Crippen molar-refractivity contribution in [2.75, 3.05) is 36.1 Å². The van der Waals surface area contributed by atoms with Gasteiger partial charge in [-0.1, -0.05) is 12.1 Å². The van der Waals surface area contributed by atoms with Gasteiger partial charge >= 0.3 is 0 Å². The van der Waals surface area contributed by atoms with Crippen LogP contribution >= 0.6 is 23.5 Å². The van der Waals surface area contributed by atoms with Crippen LogP contribution in [-0.4, -0.2) is 52.1 Å². The van der Waals surface area contributed by atoms with Gasteiger partial charge in [0.25, 0.3) is 0 Å². The van der Waals surface area contributed by atoms with E-state index in [4.69, 9.17) is 0 Å². The number of aromatic hydroxyl groups is 1. The Morgan fingerprint density at radius 2 is 1.75 bits per heavy atom. The van der Waals surface area contributed by atoms with Crippen molar-refractivity contribution in [3.05, 3.63) is 29.8 Å². The maximum absolute atomic E-state index is 9.61. The van der Waals surface area contributed by atoms with Crippen LogP contribution < -0.4 is 0 Å². The molecule has 0 spiro atoms. The van der Waals surface area contributed by atoms with Crippen molar-refractivity contribution < 1.29 is 5.11 Å². The smallest absolute Gasteiger partial charge is 0.115 e. The summed E-state index contributed by atoms with van der Waals surface area (Å²) in [4.78, 5) is 2.70. The average molecular weight is 310 g/mol. The molecule has 20 heavy (non-hydrogen) atoms. The standard InChI is InChI=1S/C16H23NOS2/c18-16-3-1-2-14(10-16)13-4-6-17(7-5-13)15-11-19-8-9-20-12-15/h1-3,10,13,15,18H,4-9,11-12H2. The summed E-state index contributed by atoms with van der Waals surface area (Å²) in [5.41, 5.74) is 1.31. The molecule has 1 aromatic rings. The lowest BCUT2D eigenvalue weighted by atomic mass is 9.89. The third-order valence-corrected chi connectivity index (χ3v) is 6.87. The highest BCUT2D eigenvalue weighted by molar-refractivity contribution is 8.03. The van der Waals surface area contributed by atoms with Crippen molar-refractivity contribution in [3.63, 3.8) is 0 Å². The molecule has 2 heterocycles. The normalized spacial score (nSPS) is 23.6. The number of piperidine rings is 1. The van der Waals surface area contributed by atoms with Gasteiger partial charge in [-0.3, -0.25) is 4.90 Å². The molecule has 2 aliphatic heterocycles. The molecule has 4 heteroatoms. The molecular formula is C16H23NOS2. The number of hydrogen-bond donors (Lipinski definition) is 1. The van der Waals surface area contributed by atoms with E-state index in [9.17, 15) is 5.11 Å². The molecule has 2 fully saturated rings. The van der Waals surface area contributed by atoms with Gasteiger partial charge in [0.2, 0.25) is 0 Å². The highest BCUT2D eigenvalue weighted by atomic mass is 32.2. The van der Waals surface area contributed by atoms with Gasteiger partial charge in [0.15, 0.2) is 0 Å². The first kappa shape index (κ1) is 14.6. The van der Waals surface area contributed by atoms with Gasteiger partial charge in [0.05, 0.1) is 0 Å². The topological polar surface area (TPSA) is 23.5 Å². The van der Waals surface area contributed by atoms with Gasteiger partial charge in [-0.2, -0.15) is 23.5 Å². The van der Waals surface area contributed by atoms with E-state index in [0.717, 1.165) is 6.04 Å². The fraction of sp³-hybridized carbons (Fsp3) is 0.625. The van der Waals surface area contributed by atoms with Crippen LogP contribution in [0.1, 0.15) is 24.3 Å². The van der Waals surface area contributed by atoms with Crippen LogP contribution in [0, 0.1) is 0 Å². The summed E-state index contributed by atoms with van der Waals surface area (Å²) in [7, 11) is 0. The quantitative estimate of drug-likeness (QED) is 0.904. The molecule has 2 saturated heterocycles. The third kappa shape index (κ3) is 3.66. The maximum atomic E-state index is 9.61. The number of thioether (sulfide) groups is 2. The van der Waals surface area contributed by atoms with E-state index in [2.05, 4.69) is 34.5 Å². The number of hydrogen-bond acceptors (Lipinski definition) is 4. The van der Waals surface area contributed by atoms with E-state index in [-0.39, 0.29) is 0 Å². The minimum absolute atomic E-state index is 0.404. The summed E-state index contributed by atoms with van der Waals surface area (Å²) in [5, 5.41) is 9.61. The Hall–Kier alpha value is -0.320. The first-order chi connectivity index (χ1) is 9.83. The lowest BCUT2D eigenvalue weighted by Gasteiger charge is -2.37. The molecule has 0 aromatic heterocycles. The second kappa shape index (κ2) is 7.10. The molecule has 0 atom stereocenters. The SMILES string of the molecule is Oc1cccc(C2CCN(C3CSCCSC3)CC2)c1. The van der Waals surface area contributed by atoms with Crippen LogP contribution in [0.25, 0.3) is 0 Å². The number of rotatable bonds is 2. The van der Waals surface area contributed by atoms with E-state index in [1.165, 1.54) is 54.5 Å². The van der Waals surface area contributed by atoms with Gasteiger partial charge < -0.3 is 5.11 Å². The number of phenols is 1. The molecule has 2 aliphatic rings. The molecule has 3 rings (SSSR count). The summed E-state index contributed by atoms with van der Waals surface area (Å²) >= 11 is 4.24. The predicted molar refractivity (Wildman–Crippen MR) is 90.1 cm³/mol. The van der Waals surface area contributed by atoms with E-state index < -0.39 is 0 Å². The van der Waals surface area contributed by atoms with Gasteiger partial charge in [0.1, 0.15) is 5.75 Å². The summed E-state index contributed by atoms with van der Waals surface area (Å²) < 4.78 is 0. The van der Waals surface area contributed by atoms with Gasteiger partial charge in [0, 0.05) is 29.1 Å². The van der Waals surface area contributed by atoms with E-state index >= 15 is 0 Å². The largest absolute Gasteiger partial charge is 0.508 e. The van der Waals surface area contributed by atoms with Crippen LogP contribution in [0.5, 0.6) is 5.75 Å². The fourth-order valence-electron chi connectivity index (χ4n) is 3.19. The first-order valence-electron chi connectivity index (χ1n) is 7.51. The summed E-state index contributed by atoms with van der Waals surface area (Å²) in [5.74, 6) is 6.29. The molecule has 0 radical (unpaired) electrons. The minimum Gasteiger partial charge on any atom is -0.508 e. The van der Waals surface area contributed by atoms with Crippen LogP contribution in [0.15, 0.2) is 24.3 Å². The number of nitrogens with zero attached hydrogens (tertiary/aromatic N) is 1. The number of phenolic OH excluding ortho intramolecular Hbond substituents is 1. The van der Waals surface area contributed by atoms with Gasteiger partial charge in [-0.25, -0.2) is 0 Å². The van der Waals surface area contributed by atoms with Crippen molar-refractivity contribution in [1.29, 1.82) is 0 Å². The third-order valence-electron chi connectivity index (χ3n) is 4.38. The molecule has 1 N–H and O–H groups in total. The van der Waals surface area contributed by atoms with E-state index in [0.29, 0.717) is 11.7 Å². The van der Waals surface area contributed by atoms with E-state index in [1.54, 1.807) is 6.07 Å². The summed E-state index contributed by atoms with van der Waals surface area (Å²) in [6.45, 7) is 2.43. The zero-order chi connectivity index (χ0) is 13.8. The lowest BCUT2D eigenvalue weighted by Crippen LogP contribution is -2.43. The summed E-state index contributed by atoms with van der Waals surface area (Å²) in [6, 6.07) is 8.61. The predicted octanol–water partition coefficient (Wildman–Crippen LogP) is 3.42. The second-order valence-corrected chi connectivity index (χ2v) is 8.01. The molecule has 110 valence electrons. The Bertz CT molecular complexity index is 424. The Morgan fingerprint density at radius 3 is 2.40 bits per heavy atom. The number of benzene rings is 1. The Kier molecular flexibility index (Phi) is 5.19. The van der Waals surface area contributed by atoms with Crippen molar-refractivity contribution in [1.82, 2.24) is 4.90 Å². The van der Waals surface area contributed by atoms with Gasteiger partial charge in [-0.15, -0.1) is 0 Å². The lowest BCUT2D eigenvalue weighted by molar-refractivity contribution is 0.177. The van der Waals surface area contributed by atoms with Gasteiger partial charge in [-0.05, 0) is 49.5 Å². The Morgan fingerprint density at radius 1 is 1.05 bits per heavy atom. The second-order valence-electron chi connectivity index (χ2n) is 5.71. The van der Waals surface area contributed by atoms with Crippen molar-refractivity contribution in [2.45, 2.75) is 24.8 Å². The minimum atomic E-state index is 0.404. The molecular weight excluding hydrogens is 286 g/mol. The molecule has 0 unspecified atom stereocenters. The average Bonchev–Trinajstić information content (AvgIpc) is 2.76. The number of likely N-dealkylation sites (tertiary alicyclic amines) is 1. The zero-order valence-corrected chi connectivity index (χ0v) is 13.5. The van der Waals surface area contributed by atoms with Crippen molar-refractivity contribution in [2.24, 2.45) is 0 Å². The molecule has 0 amide bonds. The van der Waals surface area contributed by atoms with E-state index in [1.807, 2.05) is 12.1 Å². The van der Waals surface area contributed by atoms with Crippen molar-refractivity contribution in [3.8, 4) is 5.75 Å². The van der Waals surface area contributed by atoms with Crippen LogP contribution in [0.4, 0.5) is 0 Å². The van der Waals surface area contributed by atoms with Crippen LogP contribution in [0.3, 0.4) is 0 Å². The Balaban J connectivity index is 1.56. The highest BCUT2D eigenvalue weighted by Crippen LogP contribution is 2.32. The molecule has 1 aromatic carbocycles. The molecule has 0 bridgehead atoms. The zero-order valence-electron chi connectivity index (χ0n) is 11.8. The molecule has 0 aliphatic carbocycles. The molecule has 0 saturated carbocycles. The highest BCUT2D eigenvalue weighted by Gasteiger charge is 2.26. The van der Waals surface area contributed by atoms with Crippen LogP contribution in [0.2, 0.25) is 0 Å². The Labute approximate surface area is 130 Å². The first-order valence-corrected chi connectivity index (χ1v) is 9.82. The summed E-state index contributed by atoms with van der Waals surface area (Å²) in [6.07, 6.45) is 2.46. The van der Waals surface area contributed by atoms with Crippen LogP contribution in [-0.2, 0) is 0 Å². The monoisotopic (exact) mass is 309 g/mol. The fourth-order valence-corrected chi connectivity index (χ4v) is 5.82. The molecule has 2 nitrogen and oxygen atoms in total. The van der Waals surface area contributed by atoms with Crippen molar-refractivity contribution >= 4 is 23.5 Å². The maximum Gasteiger partial charge on any atom is 0.115 e.